The number of alkyl halides is 1. The number of rotatable bonds is 14. The zero-order chi connectivity index (χ0) is 41.8. The lowest BCUT2D eigenvalue weighted by Gasteiger charge is -2.29. The van der Waals surface area contributed by atoms with Crippen molar-refractivity contribution < 1.29 is 47.4 Å². The minimum absolute atomic E-state index is 0.00740. The number of pyridine rings is 1. The van der Waals surface area contributed by atoms with Gasteiger partial charge in [-0.3, -0.25) is 39.0 Å². The number of carbonyl (C=O) groups excluding carboxylic acids is 6. The number of carbonyl (C=O) groups is 6. The Labute approximate surface area is 339 Å². The van der Waals surface area contributed by atoms with Crippen LogP contribution in [0.25, 0.3) is 10.8 Å². The van der Waals surface area contributed by atoms with Crippen LogP contribution in [0, 0.1) is 23.7 Å². The maximum atomic E-state index is 14.4. The summed E-state index contributed by atoms with van der Waals surface area (Å²) in [7, 11) is 1.43. The predicted octanol–water partition coefficient (Wildman–Crippen LogP) is 2.18. The van der Waals surface area contributed by atoms with Crippen LogP contribution in [0.15, 0.2) is 36.5 Å². The molecule has 310 valence electrons. The van der Waals surface area contributed by atoms with Gasteiger partial charge in [-0.05, 0) is 63.0 Å². The molecule has 7 rings (SSSR count). The number of hydrogen-bond donors (Lipinski definition) is 4. The summed E-state index contributed by atoms with van der Waals surface area (Å²) in [5.41, 5.74) is 7.32. The molecule has 2 aromatic carbocycles. The first-order valence-corrected chi connectivity index (χ1v) is 19.8. The molecule has 5 N–H and O–H groups in total. The number of fused-ring (bicyclic) bond motifs is 2. The molecule has 5 heterocycles. The fraction of sp³-hybridized carbons (Fsp3) is 0.452. The maximum Gasteiger partial charge on any atom is 0.264 e. The monoisotopic (exact) mass is 811 g/mol. The number of amides is 6. The lowest BCUT2D eigenvalue weighted by Crippen LogP contribution is -2.54. The van der Waals surface area contributed by atoms with E-state index in [0.717, 1.165) is 37.4 Å². The Morgan fingerprint density at radius 2 is 1.85 bits per heavy atom. The number of nitrogens with two attached hydrogens (primary N) is 1. The molecular weight excluding hydrogens is 766 g/mol. The first-order valence-electron chi connectivity index (χ1n) is 19.8. The molecule has 17 heteroatoms. The Bertz CT molecular complexity index is 2250. The molecule has 1 unspecified atom stereocenters. The van der Waals surface area contributed by atoms with Crippen LogP contribution in [0.2, 0.25) is 0 Å². The number of likely N-dealkylation sites (tertiary alicyclic amines) is 1. The molecule has 1 aromatic heterocycles. The highest BCUT2D eigenvalue weighted by Crippen LogP contribution is 2.35. The highest BCUT2D eigenvalue weighted by Gasteiger charge is 2.46. The van der Waals surface area contributed by atoms with Gasteiger partial charge < -0.3 is 35.5 Å². The molecule has 0 aliphatic carbocycles. The van der Waals surface area contributed by atoms with Gasteiger partial charge in [0.1, 0.15) is 18.4 Å². The third-order valence-corrected chi connectivity index (χ3v) is 11.4. The van der Waals surface area contributed by atoms with Crippen LogP contribution in [-0.4, -0.2) is 122 Å². The van der Waals surface area contributed by atoms with E-state index in [-0.39, 0.29) is 53.7 Å². The third-order valence-electron chi connectivity index (χ3n) is 11.4. The van der Waals surface area contributed by atoms with Crippen LogP contribution >= 0.6 is 0 Å². The van der Waals surface area contributed by atoms with Crippen molar-refractivity contribution in [1.29, 1.82) is 0 Å². The Kier molecular flexibility index (Phi) is 12.4. The number of hydrogen-bond acceptors (Lipinski definition) is 12. The van der Waals surface area contributed by atoms with Gasteiger partial charge >= 0.3 is 0 Å². The number of imide groups is 2. The predicted molar refractivity (Wildman–Crippen MR) is 211 cm³/mol. The van der Waals surface area contributed by atoms with E-state index in [1.807, 2.05) is 6.92 Å². The molecule has 0 bridgehead atoms. The molecule has 0 spiro atoms. The average Bonchev–Trinajstić information content (AvgIpc) is 3.66. The smallest absolute Gasteiger partial charge is 0.264 e. The van der Waals surface area contributed by atoms with E-state index >= 15 is 0 Å². The lowest BCUT2D eigenvalue weighted by molar-refractivity contribution is -0.136. The quantitative estimate of drug-likeness (QED) is 0.105. The Balaban J connectivity index is 0.903. The Morgan fingerprint density at radius 1 is 1.05 bits per heavy atom. The van der Waals surface area contributed by atoms with E-state index in [9.17, 15) is 33.2 Å². The number of piperidine rings is 2. The number of halogens is 1. The summed E-state index contributed by atoms with van der Waals surface area (Å²) in [6.45, 7) is 5.42. The number of nitrogens with one attached hydrogen (secondary N) is 3. The molecule has 3 fully saturated rings. The van der Waals surface area contributed by atoms with Crippen molar-refractivity contribution in [2.75, 3.05) is 58.4 Å². The van der Waals surface area contributed by atoms with Gasteiger partial charge in [0.05, 0.1) is 48.6 Å². The second-order valence-electron chi connectivity index (χ2n) is 14.9. The first-order chi connectivity index (χ1) is 28.5. The molecule has 6 amide bonds. The number of aromatic nitrogens is 1. The standard InChI is InChI=1S/C42H46FN7O9/c1-3-25-31(47-39(54)36(25)43)22-59-40-28-20-33(57-2)29(37(44)52)19-27(28)24(21-46-40)8-7-23-11-14-49(15-12-23)16-18-58-17-13-45-30-6-4-5-26-35(30)42(56)50(41(26)55)32-9-10-34(51)48-38(32)53/h4-6,19-21,23,25,31-32,36,45H,3,9-18,22H2,1-2H3,(H2,44,52)(H,47,54)(H,48,51,53)/t25-,31+,32?,36-/m0/s1. The summed E-state index contributed by atoms with van der Waals surface area (Å²) in [5.74, 6) is 3.18. The summed E-state index contributed by atoms with van der Waals surface area (Å²) < 4.78 is 31.8. The molecule has 3 aromatic rings. The van der Waals surface area contributed by atoms with Gasteiger partial charge in [0.2, 0.25) is 17.7 Å². The highest BCUT2D eigenvalue weighted by molar-refractivity contribution is 6.25. The van der Waals surface area contributed by atoms with Crippen molar-refractivity contribution in [1.82, 2.24) is 25.4 Å². The number of ether oxygens (including phenoxy) is 3. The van der Waals surface area contributed by atoms with Crippen LogP contribution in [0.5, 0.6) is 11.6 Å². The highest BCUT2D eigenvalue weighted by atomic mass is 19.1. The summed E-state index contributed by atoms with van der Waals surface area (Å²) >= 11 is 0. The molecule has 4 aliphatic heterocycles. The zero-order valence-electron chi connectivity index (χ0n) is 32.8. The van der Waals surface area contributed by atoms with E-state index in [2.05, 4.69) is 37.7 Å². The van der Waals surface area contributed by atoms with E-state index in [0.29, 0.717) is 48.2 Å². The fourth-order valence-electron chi connectivity index (χ4n) is 8.11. The van der Waals surface area contributed by atoms with Gasteiger partial charge in [-0.1, -0.05) is 24.8 Å². The number of anilines is 1. The minimum atomic E-state index is -1.60. The molecule has 0 saturated carbocycles. The second-order valence-corrected chi connectivity index (χ2v) is 14.9. The van der Waals surface area contributed by atoms with Gasteiger partial charge in [-0.2, -0.15) is 0 Å². The van der Waals surface area contributed by atoms with Crippen molar-refractivity contribution in [2.45, 2.75) is 57.3 Å². The van der Waals surface area contributed by atoms with E-state index in [4.69, 9.17) is 19.9 Å². The third kappa shape index (κ3) is 8.55. The summed E-state index contributed by atoms with van der Waals surface area (Å²) in [6, 6.07) is 6.61. The van der Waals surface area contributed by atoms with Gasteiger partial charge in [-0.25, -0.2) is 9.37 Å². The van der Waals surface area contributed by atoms with Crippen LogP contribution in [0.4, 0.5) is 10.1 Å². The van der Waals surface area contributed by atoms with Gasteiger partial charge in [0.15, 0.2) is 6.17 Å². The normalized spacial score (nSPS) is 22.2. The van der Waals surface area contributed by atoms with Crippen molar-refractivity contribution in [3.05, 3.63) is 58.8 Å². The fourth-order valence-corrected chi connectivity index (χ4v) is 8.11. The summed E-state index contributed by atoms with van der Waals surface area (Å²) in [6.07, 6.45) is 2.25. The van der Waals surface area contributed by atoms with Crippen LogP contribution in [-0.2, 0) is 19.1 Å². The molecule has 16 nitrogen and oxygen atoms in total. The first kappa shape index (κ1) is 41.1. The maximum absolute atomic E-state index is 14.4. The largest absolute Gasteiger partial charge is 0.496 e. The topological polar surface area (TPSA) is 212 Å². The lowest BCUT2D eigenvalue weighted by atomic mass is 9.96. The van der Waals surface area contributed by atoms with Crippen LogP contribution in [0.1, 0.15) is 75.7 Å². The number of methoxy groups -OCH3 is 1. The average molecular weight is 812 g/mol. The molecule has 0 radical (unpaired) electrons. The van der Waals surface area contributed by atoms with Crippen LogP contribution in [0.3, 0.4) is 0 Å². The molecular formula is C42H46FN7O9. The van der Waals surface area contributed by atoms with Crippen molar-refractivity contribution >= 4 is 51.9 Å². The van der Waals surface area contributed by atoms with Crippen molar-refractivity contribution in [2.24, 2.45) is 17.6 Å². The molecule has 59 heavy (non-hydrogen) atoms. The summed E-state index contributed by atoms with van der Waals surface area (Å²) in [5, 5.41) is 9.19. The van der Waals surface area contributed by atoms with Gasteiger partial charge in [-0.15, -0.1) is 0 Å². The minimum Gasteiger partial charge on any atom is -0.496 e. The molecule has 4 atom stereocenters. The number of benzene rings is 2. The number of primary amides is 1. The Morgan fingerprint density at radius 3 is 2.58 bits per heavy atom. The van der Waals surface area contributed by atoms with Crippen molar-refractivity contribution in [3.8, 4) is 23.5 Å². The van der Waals surface area contributed by atoms with E-state index in [1.165, 1.54) is 7.11 Å². The summed E-state index contributed by atoms with van der Waals surface area (Å²) in [4.78, 5) is 82.5. The zero-order valence-corrected chi connectivity index (χ0v) is 32.8. The van der Waals surface area contributed by atoms with Crippen molar-refractivity contribution in [3.63, 3.8) is 0 Å². The van der Waals surface area contributed by atoms with Gasteiger partial charge in [0.25, 0.3) is 23.6 Å². The van der Waals surface area contributed by atoms with Gasteiger partial charge in [0, 0.05) is 54.0 Å². The van der Waals surface area contributed by atoms with E-state index < -0.39 is 59.6 Å². The SMILES string of the molecule is CC[C@@H]1[C@H](F)C(=O)N[C@@H]1COc1ncc(C#CC2CCN(CCOCCNc3cccc4c3C(=O)N(C3CCC(=O)NC3=O)C4=O)CC2)c2cc(C(N)=O)c(OC)cc12. The second kappa shape index (κ2) is 17.8. The van der Waals surface area contributed by atoms with Crippen LogP contribution < -0.4 is 31.2 Å². The Hall–Kier alpha value is -6.12. The molecule has 3 saturated heterocycles. The van der Waals surface area contributed by atoms with E-state index in [1.54, 1.807) is 36.5 Å². The number of nitrogens with zero attached hydrogens (tertiary/aromatic N) is 3. The molecule has 4 aliphatic rings.